The Morgan fingerprint density at radius 2 is 1.18 bits per heavy atom. The van der Waals surface area contributed by atoms with Crippen LogP contribution < -0.4 is 21.0 Å². The number of aliphatic hydroxyl groups excluding tert-OH is 3. The molecule has 0 bridgehead atoms. The highest BCUT2D eigenvalue weighted by Crippen LogP contribution is 2.69. The number of carbonyl (C=O) groups excluding carboxylic acids is 1. The number of rotatable bonds is 8. The van der Waals surface area contributed by atoms with Crippen molar-refractivity contribution in [2.45, 2.75) is 24.3 Å². The Morgan fingerprint density at radius 1 is 0.794 bits per heavy atom. The summed E-state index contributed by atoms with van der Waals surface area (Å²) in [6.45, 7) is 0.291. The third-order valence-electron chi connectivity index (χ3n) is 5.90. The third-order valence-corrected chi connectivity index (χ3v) is 10.9. The number of hydrogen-bond acceptors (Lipinski definition) is 6. The molecule has 0 aromatic heterocycles. The molecule has 34 heavy (non-hydrogen) atoms. The van der Waals surface area contributed by atoms with Crippen LogP contribution in [0.15, 0.2) is 91.0 Å². The molecule has 1 saturated carbocycles. The summed E-state index contributed by atoms with van der Waals surface area (Å²) in [5.74, 6) is -3.41. The number of benzene rings is 3. The van der Waals surface area contributed by atoms with E-state index in [0.717, 1.165) is 6.42 Å². The van der Waals surface area contributed by atoms with Gasteiger partial charge in [0.05, 0.1) is 11.6 Å². The Bertz CT molecular complexity index is 961. The number of carbonyl (C=O) groups is 2. The molecule has 7 nitrogen and oxygen atoms in total. The molecule has 3 aromatic carbocycles. The molecule has 2 unspecified atom stereocenters. The monoisotopic (exact) mass is 482 g/mol. The second-order valence-corrected chi connectivity index (χ2v) is 11.7. The fourth-order valence-corrected chi connectivity index (χ4v) is 9.46. The second kappa shape index (κ2) is 11.4. The van der Waals surface area contributed by atoms with Crippen LogP contribution in [-0.4, -0.2) is 56.8 Å². The topological polar surface area (TPSA) is 138 Å². The van der Waals surface area contributed by atoms with Gasteiger partial charge in [-0.1, -0.05) is 54.6 Å². The van der Waals surface area contributed by atoms with Gasteiger partial charge < -0.3 is 30.3 Å². The number of carboxylic acids is 2. The van der Waals surface area contributed by atoms with Crippen LogP contribution in [0.4, 0.5) is 0 Å². The van der Waals surface area contributed by atoms with Crippen molar-refractivity contribution in [3.63, 3.8) is 0 Å². The predicted octanol–water partition coefficient (Wildman–Crippen LogP) is -0.0960. The van der Waals surface area contributed by atoms with Crippen LogP contribution in [0.25, 0.3) is 0 Å². The Balaban J connectivity index is 0.000000277. The molecule has 0 spiro atoms. The molecular weight excluding hydrogens is 455 g/mol. The van der Waals surface area contributed by atoms with Gasteiger partial charge in [0.2, 0.25) is 0 Å². The lowest BCUT2D eigenvalue weighted by molar-refractivity contribution is -0.318. The number of hydrogen-bond donors (Lipinski definition) is 4. The van der Waals surface area contributed by atoms with Crippen molar-refractivity contribution < 1.29 is 35.1 Å². The van der Waals surface area contributed by atoms with Gasteiger partial charge in [0.1, 0.15) is 29.3 Å². The molecule has 1 aliphatic carbocycles. The standard InChI is InChI=1S/C22H22OP.C4H6O6/c23-17-18-16-22(18)24(19-10-4-1-5-11-19,20-12-6-2-7-13-20)21-14-8-3-9-15-21;5-1(3(7)8)2(6)4(9)10/h1-15,18,22-23H,16-17H2;1-2,5-6H,(H,7,8)(H,9,10)/q+1;/p-1/t;1-,2-/m.1/s1. The van der Waals surface area contributed by atoms with Crippen LogP contribution in [-0.2, 0) is 9.59 Å². The molecule has 4 N–H and O–H groups in total. The van der Waals surface area contributed by atoms with Crippen molar-refractivity contribution in [3.8, 4) is 0 Å². The lowest BCUT2D eigenvalue weighted by atomic mass is 10.2. The fraction of sp³-hybridized carbons (Fsp3) is 0.231. The van der Waals surface area contributed by atoms with Crippen LogP contribution in [0.5, 0.6) is 0 Å². The van der Waals surface area contributed by atoms with E-state index >= 15 is 0 Å². The van der Waals surface area contributed by atoms with Crippen LogP contribution >= 0.6 is 7.26 Å². The van der Waals surface area contributed by atoms with Crippen LogP contribution in [0.1, 0.15) is 6.42 Å². The summed E-state index contributed by atoms with van der Waals surface area (Å²) < 4.78 is 0. The number of aliphatic carboxylic acids is 2. The van der Waals surface area contributed by atoms with E-state index in [4.69, 9.17) is 15.3 Å². The molecule has 1 aliphatic rings. The highest BCUT2D eigenvalue weighted by atomic mass is 31.2. The van der Waals surface area contributed by atoms with E-state index in [9.17, 15) is 19.8 Å². The second-order valence-electron chi connectivity index (χ2n) is 8.02. The summed E-state index contributed by atoms with van der Waals surface area (Å²) in [6, 6.07) is 32.8. The van der Waals surface area contributed by atoms with E-state index in [1.807, 2.05) is 0 Å². The molecule has 178 valence electrons. The normalized spacial score (nSPS) is 18.7. The van der Waals surface area contributed by atoms with Gasteiger partial charge in [-0.25, -0.2) is 4.79 Å². The molecule has 0 amide bonds. The number of carboxylic acid groups (broad SMARTS) is 2. The molecule has 3 aromatic rings. The maximum Gasteiger partial charge on any atom is 0.335 e. The van der Waals surface area contributed by atoms with E-state index in [2.05, 4.69) is 91.0 Å². The summed E-state index contributed by atoms with van der Waals surface area (Å²) in [6.07, 6.45) is -3.59. The molecule has 0 heterocycles. The SMILES string of the molecule is O=C([O-])[C@H](O)[C@@H](O)C(=O)O.OCC1CC1[P+](c1ccccc1)(c1ccccc1)c1ccccc1. The zero-order valence-corrected chi connectivity index (χ0v) is 19.2. The van der Waals surface area contributed by atoms with E-state index in [1.165, 1.54) is 15.9 Å². The average Bonchev–Trinajstić information content (AvgIpc) is 3.66. The van der Waals surface area contributed by atoms with E-state index in [0.29, 0.717) is 18.2 Å². The smallest absolute Gasteiger partial charge is 0.335 e. The van der Waals surface area contributed by atoms with E-state index in [1.54, 1.807) is 0 Å². The minimum absolute atomic E-state index is 0.291. The molecule has 0 saturated heterocycles. The lowest BCUT2D eigenvalue weighted by Gasteiger charge is -2.28. The van der Waals surface area contributed by atoms with Crippen molar-refractivity contribution in [2.24, 2.45) is 5.92 Å². The average molecular weight is 482 g/mol. The first-order valence-electron chi connectivity index (χ1n) is 10.8. The fourth-order valence-electron chi connectivity index (χ4n) is 4.18. The Kier molecular flexibility index (Phi) is 8.53. The van der Waals surface area contributed by atoms with Crippen LogP contribution in [0, 0.1) is 5.92 Å². The van der Waals surface area contributed by atoms with Crippen molar-refractivity contribution in [2.75, 3.05) is 6.61 Å². The zero-order chi connectivity index (χ0) is 24.7. The summed E-state index contributed by atoms with van der Waals surface area (Å²) >= 11 is 0. The van der Waals surface area contributed by atoms with Crippen molar-refractivity contribution in [1.82, 2.24) is 0 Å². The van der Waals surface area contributed by atoms with Gasteiger partial charge in [-0.05, 0) is 42.8 Å². The summed E-state index contributed by atoms with van der Waals surface area (Å²) in [5, 5.41) is 48.2. The van der Waals surface area contributed by atoms with Gasteiger partial charge in [-0.3, -0.25) is 0 Å². The van der Waals surface area contributed by atoms with Crippen LogP contribution in [0.2, 0.25) is 0 Å². The van der Waals surface area contributed by atoms with Crippen molar-refractivity contribution in [1.29, 1.82) is 0 Å². The Morgan fingerprint density at radius 3 is 1.41 bits per heavy atom. The minimum Gasteiger partial charge on any atom is -0.547 e. The first-order chi connectivity index (χ1) is 16.3. The lowest BCUT2D eigenvalue weighted by Crippen LogP contribution is -2.46. The maximum atomic E-state index is 9.80. The third kappa shape index (κ3) is 5.34. The van der Waals surface area contributed by atoms with Gasteiger partial charge in [-0.15, -0.1) is 0 Å². The van der Waals surface area contributed by atoms with Gasteiger partial charge in [0.15, 0.2) is 6.10 Å². The van der Waals surface area contributed by atoms with Gasteiger partial charge >= 0.3 is 5.97 Å². The van der Waals surface area contributed by atoms with E-state index in [-0.39, 0.29) is 0 Å². The summed E-state index contributed by atoms with van der Waals surface area (Å²) in [7, 11) is -1.75. The van der Waals surface area contributed by atoms with Crippen molar-refractivity contribution >= 4 is 35.1 Å². The molecule has 8 heteroatoms. The zero-order valence-electron chi connectivity index (χ0n) is 18.3. The Labute approximate surface area is 198 Å². The first kappa shape index (κ1) is 25.5. The highest BCUT2D eigenvalue weighted by molar-refractivity contribution is 7.96. The van der Waals surface area contributed by atoms with Crippen LogP contribution in [0.3, 0.4) is 0 Å². The van der Waals surface area contributed by atoms with Gasteiger partial charge in [0.25, 0.3) is 0 Å². The van der Waals surface area contributed by atoms with Gasteiger partial charge in [-0.2, -0.15) is 0 Å². The highest BCUT2D eigenvalue weighted by Gasteiger charge is 2.62. The minimum atomic E-state index is -2.38. The van der Waals surface area contributed by atoms with Crippen molar-refractivity contribution in [3.05, 3.63) is 91.0 Å². The summed E-state index contributed by atoms with van der Waals surface area (Å²) in [5.41, 5.74) is 0.537. The Hall–Kier alpha value is -3.09. The predicted molar refractivity (Wildman–Crippen MR) is 129 cm³/mol. The molecule has 4 rings (SSSR count). The van der Waals surface area contributed by atoms with Gasteiger partial charge in [0, 0.05) is 12.5 Å². The largest absolute Gasteiger partial charge is 0.547 e. The molecule has 1 fully saturated rings. The summed E-state index contributed by atoms with van der Waals surface area (Å²) in [4.78, 5) is 19.4. The maximum absolute atomic E-state index is 9.80. The van der Waals surface area contributed by atoms with E-state index < -0.39 is 31.4 Å². The molecule has 0 aliphatic heterocycles. The quantitative estimate of drug-likeness (QED) is 0.329. The molecule has 0 radical (unpaired) electrons. The molecular formula is C26H27O7P. The first-order valence-corrected chi connectivity index (χ1v) is 12.7. The number of aliphatic hydroxyl groups is 3. The molecule has 4 atom stereocenters.